The zero-order valence-corrected chi connectivity index (χ0v) is 27.1. The molecular weight excluding hydrogens is 608 g/mol. The summed E-state index contributed by atoms with van der Waals surface area (Å²) >= 11 is 0. The van der Waals surface area contributed by atoms with Crippen LogP contribution in [-0.4, -0.2) is 104 Å². The maximum absolute atomic E-state index is 14.7. The molecule has 3 fully saturated rings. The number of likely N-dealkylation sites (tertiary alicyclic amines) is 1. The summed E-state index contributed by atoms with van der Waals surface area (Å²) < 4.78 is 34.0. The van der Waals surface area contributed by atoms with E-state index in [2.05, 4.69) is 4.90 Å². The minimum absolute atomic E-state index is 0.0186. The average Bonchev–Trinajstić information content (AvgIpc) is 3.46. The number of ketones is 1. The van der Waals surface area contributed by atoms with Gasteiger partial charge in [0.1, 0.15) is 5.76 Å². The van der Waals surface area contributed by atoms with Crippen LogP contribution in [-0.2, 0) is 34.7 Å². The number of Topliss-reactive ketones (excluding diaryl/α,β-unsaturated/α-hetero) is 1. The van der Waals surface area contributed by atoms with E-state index in [9.17, 15) is 27.9 Å². The number of hydrogen-bond acceptors (Lipinski definition) is 8. The van der Waals surface area contributed by atoms with E-state index in [0.717, 1.165) is 38.8 Å². The number of hydrogen-bond donors (Lipinski definition) is 1. The van der Waals surface area contributed by atoms with E-state index in [1.165, 1.54) is 33.5 Å². The van der Waals surface area contributed by atoms with E-state index < -0.39 is 38.9 Å². The number of morpholine rings is 1. The maximum Gasteiger partial charge on any atom is 0.296 e. The van der Waals surface area contributed by atoms with Crippen LogP contribution in [0.1, 0.15) is 56.6 Å². The SMILES string of the molecule is CCCCN1C(=O)C2(/C(=C(/O)c3cccc(S(=O)(=O)N4CCCCC4)c3)C(=O)C(=O)N2CCCN2CCOCC2)c2ccccc21. The molecule has 246 valence electrons. The minimum Gasteiger partial charge on any atom is -0.507 e. The Morgan fingerprint density at radius 2 is 1.63 bits per heavy atom. The topological polar surface area (TPSA) is 128 Å². The molecule has 11 nitrogen and oxygen atoms in total. The molecule has 2 aromatic rings. The summed E-state index contributed by atoms with van der Waals surface area (Å²) in [5, 5.41) is 12.0. The van der Waals surface area contributed by atoms with Crippen LogP contribution < -0.4 is 4.90 Å². The average molecular weight is 651 g/mol. The monoisotopic (exact) mass is 650 g/mol. The number of fused-ring (bicyclic) bond motifs is 2. The van der Waals surface area contributed by atoms with Gasteiger partial charge in [-0.2, -0.15) is 4.31 Å². The highest BCUT2D eigenvalue weighted by molar-refractivity contribution is 7.89. The predicted molar refractivity (Wildman–Crippen MR) is 173 cm³/mol. The number of amides is 2. The second-order valence-electron chi connectivity index (χ2n) is 12.3. The van der Waals surface area contributed by atoms with Crippen molar-refractivity contribution >= 4 is 39.1 Å². The van der Waals surface area contributed by atoms with Crippen molar-refractivity contribution in [3.63, 3.8) is 0 Å². The van der Waals surface area contributed by atoms with Crippen molar-refractivity contribution in [3.8, 4) is 0 Å². The lowest BCUT2D eigenvalue weighted by Crippen LogP contribution is -2.52. The van der Waals surface area contributed by atoms with Gasteiger partial charge >= 0.3 is 0 Å². The first kappa shape index (κ1) is 32.4. The van der Waals surface area contributed by atoms with E-state index in [-0.39, 0.29) is 22.6 Å². The van der Waals surface area contributed by atoms with Gasteiger partial charge in [-0.15, -0.1) is 0 Å². The molecule has 0 bridgehead atoms. The number of carbonyl (C=O) groups is 3. The third kappa shape index (κ3) is 5.44. The molecule has 46 heavy (non-hydrogen) atoms. The molecule has 1 spiro atoms. The Hall–Kier alpha value is -3.58. The molecule has 2 aromatic carbocycles. The van der Waals surface area contributed by atoms with Gasteiger partial charge in [0, 0.05) is 56.9 Å². The molecule has 0 aliphatic carbocycles. The molecule has 1 N–H and O–H groups in total. The number of aliphatic hydroxyl groups excluding tert-OH is 1. The quantitative estimate of drug-likeness (QED) is 0.236. The highest BCUT2D eigenvalue weighted by Gasteiger charge is 2.66. The lowest BCUT2D eigenvalue weighted by atomic mass is 9.82. The summed E-state index contributed by atoms with van der Waals surface area (Å²) in [6.45, 7) is 6.74. The lowest BCUT2D eigenvalue weighted by Gasteiger charge is -2.35. The Bertz CT molecular complexity index is 1650. The number of piperidine rings is 1. The number of anilines is 1. The highest BCUT2D eigenvalue weighted by atomic mass is 32.2. The molecule has 4 aliphatic rings. The van der Waals surface area contributed by atoms with Crippen LogP contribution in [0.5, 0.6) is 0 Å². The van der Waals surface area contributed by atoms with E-state index in [1.54, 1.807) is 23.1 Å². The van der Waals surface area contributed by atoms with Crippen LogP contribution in [0, 0.1) is 0 Å². The molecule has 1 unspecified atom stereocenters. The zero-order valence-electron chi connectivity index (χ0n) is 26.3. The zero-order chi connectivity index (χ0) is 32.5. The van der Waals surface area contributed by atoms with Gasteiger partial charge in [0.2, 0.25) is 10.0 Å². The molecule has 4 aliphatic heterocycles. The third-order valence-corrected chi connectivity index (χ3v) is 11.5. The Labute approximate surface area is 270 Å². The van der Waals surface area contributed by atoms with Gasteiger partial charge in [0.25, 0.3) is 17.6 Å². The fraction of sp³-hybridized carbons (Fsp3) is 0.500. The standard InChI is InChI=1S/C34H42N4O7S/c1-2-3-18-37-28-14-6-5-13-27(28)34(33(37)42)29(31(40)32(41)38(34)19-10-15-35-20-22-45-23-21-35)30(39)25-11-9-12-26(24-25)46(43,44)36-16-7-4-8-17-36/h5-6,9,11-14,24,39H,2-4,7-8,10,15-23H2,1H3/b30-29+. The largest absolute Gasteiger partial charge is 0.507 e. The second-order valence-corrected chi connectivity index (χ2v) is 14.3. The van der Waals surface area contributed by atoms with E-state index >= 15 is 0 Å². The molecule has 1 atom stereocenters. The molecule has 2 amide bonds. The number of carbonyl (C=O) groups excluding carboxylic acids is 3. The number of para-hydroxylation sites is 1. The maximum atomic E-state index is 14.7. The molecule has 12 heteroatoms. The van der Waals surface area contributed by atoms with Gasteiger partial charge in [0.05, 0.1) is 29.4 Å². The van der Waals surface area contributed by atoms with Gasteiger partial charge < -0.3 is 19.6 Å². The minimum atomic E-state index is -3.86. The molecule has 6 rings (SSSR count). The normalized spacial score (nSPS) is 23.9. The van der Waals surface area contributed by atoms with Crippen LogP contribution in [0.4, 0.5) is 5.69 Å². The molecule has 0 radical (unpaired) electrons. The number of aliphatic hydroxyl groups is 1. The summed E-state index contributed by atoms with van der Waals surface area (Å²) in [7, 11) is -3.86. The summed E-state index contributed by atoms with van der Waals surface area (Å²) in [6, 6.07) is 12.9. The van der Waals surface area contributed by atoms with Crippen molar-refractivity contribution in [2.24, 2.45) is 0 Å². The Balaban J connectivity index is 1.47. The first-order valence-corrected chi connectivity index (χ1v) is 17.8. The fourth-order valence-corrected chi connectivity index (χ4v) is 8.75. The van der Waals surface area contributed by atoms with Crippen LogP contribution in [0.25, 0.3) is 5.76 Å². The molecule has 3 saturated heterocycles. The van der Waals surface area contributed by atoms with Gasteiger partial charge in [-0.05, 0) is 43.9 Å². The number of nitrogens with zero attached hydrogens (tertiary/aromatic N) is 4. The number of unbranched alkanes of at least 4 members (excludes halogenated alkanes) is 1. The first-order chi connectivity index (χ1) is 22.2. The fourth-order valence-electron chi connectivity index (χ4n) is 7.18. The van der Waals surface area contributed by atoms with E-state index in [0.29, 0.717) is 63.5 Å². The van der Waals surface area contributed by atoms with E-state index in [4.69, 9.17) is 4.74 Å². The summed E-state index contributed by atoms with van der Waals surface area (Å²) in [5.41, 5.74) is -1.10. The van der Waals surface area contributed by atoms with Gasteiger partial charge in [0.15, 0.2) is 5.54 Å². The Morgan fingerprint density at radius 3 is 2.37 bits per heavy atom. The predicted octanol–water partition coefficient (Wildman–Crippen LogP) is 3.31. The van der Waals surface area contributed by atoms with Gasteiger partial charge in [-0.25, -0.2) is 8.42 Å². The van der Waals surface area contributed by atoms with Crippen molar-refractivity contribution in [1.29, 1.82) is 0 Å². The van der Waals surface area contributed by atoms with Crippen LogP contribution >= 0.6 is 0 Å². The van der Waals surface area contributed by atoms with Crippen molar-refractivity contribution in [1.82, 2.24) is 14.1 Å². The van der Waals surface area contributed by atoms with Gasteiger partial charge in [-0.1, -0.05) is 50.1 Å². The van der Waals surface area contributed by atoms with Crippen molar-refractivity contribution in [2.75, 3.05) is 63.9 Å². The number of sulfonamides is 1. The number of benzene rings is 2. The number of rotatable bonds is 10. The first-order valence-electron chi connectivity index (χ1n) is 16.3. The number of ether oxygens (including phenoxy) is 1. The molecule has 4 heterocycles. The Kier molecular flexibility index (Phi) is 9.33. The lowest BCUT2D eigenvalue weighted by molar-refractivity contribution is -0.143. The van der Waals surface area contributed by atoms with Crippen LogP contribution in [0.2, 0.25) is 0 Å². The highest BCUT2D eigenvalue weighted by Crippen LogP contribution is 2.53. The van der Waals surface area contributed by atoms with Crippen molar-refractivity contribution in [2.45, 2.75) is 55.9 Å². The summed E-state index contributed by atoms with van der Waals surface area (Å²) in [6.07, 6.45) is 4.53. The third-order valence-electron chi connectivity index (χ3n) is 9.56. The van der Waals surface area contributed by atoms with Crippen molar-refractivity contribution < 1.29 is 32.6 Å². The van der Waals surface area contributed by atoms with Crippen LogP contribution in [0.15, 0.2) is 59.0 Å². The summed E-state index contributed by atoms with van der Waals surface area (Å²) in [4.78, 5) is 47.9. The smallest absolute Gasteiger partial charge is 0.296 e. The van der Waals surface area contributed by atoms with Crippen LogP contribution in [0.3, 0.4) is 0 Å². The van der Waals surface area contributed by atoms with Crippen molar-refractivity contribution in [3.05, 3.63) is 65.2 Å². The molecule has 0 saturated carbocycles. The Morgan fingerprint density at radius 1 is 0.891 bits per heavy atom. The summed E-state index contributed by atoms with van der Waals surface area (Å²) in [5.74, 6) is -2.86. The molecular formula is C34H42N4O7S. The van der Waals surface area contributed by atoms with E-state index in [1.807, 2.05) is 13.0 Å². The second kappa shape index (κ2) is 13.3. The molecule has 0 aromatic heterocycles. The van der Waals surface area contributed by atoms with Gasteiger partial charge in [-0.3, -0.25) is 19.3 Å².